The van der Waals surface area contributed by atoms with Crippen molar-refractivity contribution in [3.63, 3.8) is 0 Å². The molecule has 2 unspecified atom stereocenters. The van der Waals surface area contributed by atoms with Gasteiger partial charge in [-0.1, -0.05) is 0 Å². The molecule has 40 valence electrons. The monoisotopic (exact) mass is 137 g/mol. The van der Waals surface area contributed by atoms with Gasteiger partial charge < -0.3 is 0 Å². The van der Waals surface area contributed by atoms with E-state index in [0.29, 0.717) is 6.61 Å². The van der Waals surface area contributed by atoms with Crippen molar-refractivity contribution >= 4 is 19.0 Å². The highest BCUT2D eigenvalue weighted by Gasteiger charge is 2.28. The van der Waals surface area contributed by atoms with Crippen LogP contribution in [0.15, 0.2) is 0 Å². The summed E-state index contributed by atoms with van der Waals surface area (Å²) in [7, 11) is -0.921. The first-order valence-corrected chi connectivity index (χ1v) is 4.25. The smallest absolute Gasteiger partial charge is 0.139 e. The van der Waals surface area contributed by atoms with Crippen LogP contribution in [-0.2, 0) is 20.9 Å². The van der Waals surface area contributed by atoms with Crippen molar-refractivity contribution in [2.24, 2.45) is 0 Å². The van der Waals surface area contributed by atoms with E-state index in [2.05, 4.69) is 0 Å². The lowest BCUT2D eigenvalue weighted by Crippen LogP contribution is -1.99. The van der Waals surface area contributed by atoms with Crippen LogP contribution in [0.5, 0.6) is 0 Å². The molecule has 0 aromatic heterocycles. The highest BCUT2D eigenvalue weighted by molar-refractivity contribution is 8.00. The fraction of sp³-hybridized carbons (Fsp3) is 1.00. The van der Waals surface area contributed by atoms with Gasteiger partial charge in [-0.05, 0) is 6.92 Å². The third kappa shape index (κ3) is 1.42. The molecule has 1 rings (SSSR count). The maximum Gasteiger partial charge on any atom is 0.522 e. The summed E-state index contributed by atoms with van der Waals surface area (Å²) in [5.41, 5.74) is 0. The van der Waals surface area contributed by atoms with E-state index in [1.165, 1.54) is 0 Å². The highest BCUT2D eigenvalue weighted by Crippen LogP contribution is 2.32. The molecular weight excluding hydrogens is 131 g/mol. The van der Waals surface area contributed by atoms with E-state index in [0.717, 1.165) is 0 Å². The first kappa shape index (κ1) is 5.57. The fourth-order valence-electron chi connectivity index (χ4n) is 0.374. The quantitative estimate of drug-likeness (QED) is 0.467. The van der Waals surface area contributed by atoms with Crippen LogP contribution >= 0.6 is 7.15 Å². The molecule has 2 atom stereocenters. The topological polar surface area (TPSA) is 18.5 Å². The molecule has 2 nitrogen and oxygen atoms in total. The third-order valence-electron chi connectivity index (χ3n) is 0.681. The number of hydrogen-bond donors (Lipinski definition) is 0. The van der Waals surface area contributed by atoms with E-state index >= 15 is 0 Å². The first-order chi connectivity index (χ1) is 3.29. The maximum atomic E-state index is 5.02. The van der Waals surface area contributed by atoms with Crippen LogP contribution in [0, 0.1) is 0 Å². The average Bonchev–Trinajstić information content (AvgIpc) is 1.87. The zero-order chi connectivity index (χ0) is 5.28. The Labute approximate surface area is 48.4 Å². The van der Waals surface area contributed by atoms with Crippen molar-refractivity contribution in [2.75, 3.05) is 6.61 Å². The second-order valence-electron chi connectivity index (χ2n) is 1.44. The molecule has 1 aliphatic heterocycles. The lowest BCUT2D eigenvalue weighted by Gasteiger charge is -1.81. The number of rotatable bonds is 0. The normalized spacial score (nSPS) is 36.7. The summed E-state index contributed by atoms with van der Waals surface area (Å²) in [6, 6.07) is 0. The van der Waals surface area contributed by atoms with E-state index in [-0.39, 0.29) is 6.10 Å². The summed E-state index contributed by atoms with van der Waals surface area (Å²) in [6.45, 7) is 2.63. The standard InChI is InChI=1S/C3H6O2PS/c1-3-2-4-6(7)5-3/h3H,2H2,1H3/q+1. The Balaban J connectivity index is 2.40. The molecule has 1 saturated heterocycles. The van der Waals surface area contributed by atoms with Gasteiger partial charge in [-0.2, -0.15) is 0 Å². The fourth-order valence-corrected chi connectivity index (χ4v) is 1.74. The first-order valence-electron chi connectivity index (χ1n) is 2.06. The van der Waals surface area contributed by atoms with E-state index in [1.807, 2.05) is 6.92 Å². The lowest BCUT2D eigenvalue weighted by atomic mass is 10.5. The van der Waals surface area contributed by atoms with Crippen LogP contribution < -0.4 is 0 Å². The highest BCUT2D eigenvalue weighted by atomic mass is 32.4. The minimum Gasteiger partial charge on any atom is -0.139 e. The Hall–Kier alpha value is 0.440. The molecule has 0 aromatic rings. The Morgan fingerprint density at radius 2 is 2.57 bits per heavy atom. The Morgan fingerprint density at radius 1 is 1.86 bits per heavy atom. The summed E-state index contributed by atoms with van der Waals surface area (Å²) in [5, 5.41) is 0. The van der Waals surface area contributed by atoms with Crippen molar-refractivity contribution in [1.82, 2.24) is 0 Å². The minimum absolute atomic E-state index is 0.226. The van der Waals surface area contributed by atoms with Gasteiger partial charge in [0.2, 0.25) is 11.8 Å². The largest absolute Gasteiger partial charge is 0.522 e. The van der Waals surface area contributed by atoms with Gasteiger partial charge in [-0.3, -0.25) is 0 Å². The maximum absolute atomic E-state index is 5.02. The number of hydrogen-bond acceptors (Lipinski definition) is 3. The molecule has 0 N–H and O–H groups in total. The van der Waals surface area contributed by atoms with Gasteiger partial charge >= 0.3 is 7.15 Å². The van der Waals surface area contributed by atoms with E-state index < -0.39 is 7.15 Å². The molecule has 0 spiro atoms. The van der Waals surface area contributed by atoms with Crippen molar-refractivity contribution in [3.05, 3.63) is 0 Å². The predicted octanol–water partition coefficient (Wildman–Crippen LogP) is 1.20. The molecule has 1 heterocycles. The van der Waals surface area contributed by atoms with Gasteiger partial charge in [0, 0.05) is 0 Å². The molecule has 0 aliphatic carbocycles. The lowest BCUT2D eigenvalue weighted by molar-refractivity contribution is 0.263. The van der Waals surface area contributed by atoms with Gasteiger partial charge in [0.1, 0.15) is 12.7 Å². The van der Waals surface area contributed by atoms with E-state index in [4.69, 9.17) is 20.9 Å². The predicted molar refractivity (Wildman–Crippen MR) is 30.8 cm³/mol. The summed E-state index contributed by atoms with van der Waals surface area (Å²) in [5.74, 6) is 0. The minimum atomic E-state index is -0.921. The van der Waals surface area contributed by atoms with Crippen LogP contribution in [0.1, 0.15) is 6.92 Å². The molecule has 4 heteroatoms. The van der Waals surface area contributed by atoms with Crippen molar-refractivity contribution < 1.29 is 9.05 Å². The molecule has 1 aliphatic rings. The van der Waals surface area contributed by atoms with Crippen molar-refractivity contribution in [2.45, 2.75) is 13.0 Å². The summed E-state index contributed by atoms with van der Waals surface area (Å²) in [4.78, 5) is 0. The summed E-state index contributed by atoms with van der Waals surface area (Å²) >= 11 is 4.70. The van der Waals surface area contributed by atoms with Crippen LogP contribution in [-0.4, -0.2) is 12.7 Å². The van der Waals surface area contributed by atoms with Gasteiger partial charge in [0.05, 0.1) is 0 Å². The molecule has 1 fully saturated rings. The van der Waals surface area contributed by atoms with Gasteiger partial charge in [0.25, 0.3) is 0 Å². The second kappa shape index (κ2) is 2.14. The van der Waals surface area contributed by atoms with Gasteiger partial charge in [-0.25, -0.2) is 0 Å². The zero-order valence-corrected chi connectivity index (χ0v) is 5.67. The zero-order valence-electron chi connectivity index (χ0n) is 3.96. The van der Waals surface area contributed by atoms with Crippen LogP contribution in [0.2, 0.25) is 0 Å². The van der Waals surface area contributed by atoms with Crippen molar-refractivity contribution in [3.8, 4) is 0 Å². The Kier molecular flexibility index (Phi) is 1.70. The third-order valence-corrected chi connectivity index (χ3v) is 2.15. The van der Waals surface area contributed by atoms with E-state index in [1.54, 1.807) is 0 Å². The molecule has 0 aromatic carbocycles. The molecule has 0 saturated carbocycles. The van der Waals surface area contributed by atoms with E-state index in [9.17, 15) is 0 Å². The van der Waals surface area contributed by atoms with Crippen LogP contribution in [0.25, 0.3) is 0 Å². The molecular formula is C3H6O2PS+. The van der Waals surface area contributed by atoms with Gasteiger partial charge in [-0.15, -0.1) is 9.05 Å². The molecule has 0 amide bonds. The SMILES string of the molecule is CC1CO[P+](=S)O1. The second-order valence-corrected chi connectivity index (χ2v) is 3.25. The summed E-state index contributed by atoms with van der Waals surface area (Å²) < 4.78 is 9.94. The molecule has 0 radical (unpaired) electrons. The average molecular weight is 137 g/mol. The Morgan fingerprint density at radius 3 is 2.71 bits per heavy atom. The Bertz CT molecular complexity index is 94.9. The van der Waals surface area contributed by atoms with Crippen LogP contribution in [0.3, 0.4) is 0 Å². The van der Waals surface area contributed by atoms with Gasteiger partial charge in [0.15, 0.2) is 0 Å². The van der Waals surface area contributed by atoms with Crippen molar-refractivity contribution in [1.29, 1.82) is 0 Å². The molecule has 7 heavy (non-hydrogen) atoms. The molecule has 0 bridgehead atoms. The van der Waals surface area contributed by atoms with Crippen LogP contribution in [0.4, 0.5) is 0 Å². The summed E-state index contributed by atoms with van der Waals surface area (Å²) in [6.07, 6.45) is 0.226.